The molecule has 0 aliphatic heterocycles. The summed E-state index contributed by atoms with van der Waals surface area (Å²) in [7, 11) is 0. The van der Waals surface area contributed by atoms with E-state index in [0.717, 1.165) is 70.9 Å². The number of hydrogen-bond acceptors (Lipinski definition) is 4. The van der Waals surface area contributed by atoms with E-state index >= 15 is 0 Å². The summed E-state index contributed by atoms with van der Waals surface area (Å²) < 4.78 is 0. The van der Waals surface area contributed by atoms with Crippen molar-refractivity contribution in [3.63, 3.8) is 0 Å². The molecule has 0 bridgehead atoms. The smallest absolute Gasteiger partial charge is 0.243 e. The van der Waals surface area contributed by atoms with Gasteiger partial charge in [-0.2, -0.15) is 0 Å². The van der Waals surface area contributed by atoms with E-state index in [4.69, 9.17) is 11.5 Å². The first-order chi connectivity index (χ1) is 12.2. The molecule has 6 N–H and O–H groups in total. The zero-order valence-corrected chi connectivity index (χ0v) is 15.2. The van der Waals surface area contributed by atoms with E-state index in [2.05, 4.69) is 10.6 Å². The van der Waals surface area contributed by atoms with Gasteiger partial charge in [-0.15, -0.1) is 0 Å². The summed E-state index contributed by atoms with van der Waals surface area (Å²) in [5, 5.41) is 5.81. The van der Waals surface area contributed by atoms with Gasteiger partial charge in [-0.25, -0.2) is 0 Å². The second kappa shape index (κ2) is 13.6. The van der Waals surface area contributed by atoms with Crippen LogP contribution in [-0.2, 0) is 9.59 Å². The molecule has 0 spiro atoms. The molecule has 6 nitrogen and oxygen atoms in total. The highest BCUT2D eigenvalue weighted by Gasteiger charge is 2.38. The van der Waals surface area contributed by atoms with Crippen molar-refractivity contribution in [2.75, 3.05) is 13.1 Å². The number of rotatable bonds is 14. The summed E-state index contributed by atoms with van der Waals surface area (Å²) in [6, 6.07) is 0.104. The molecule has 2 amide bonds. The van der Waals surface area contributed by atoms with E-state index in [9.17, 15) is 9.59 Å². The Labute approximate surface area is 151 Å². The number of allylic oxidation sites excluding steroid dienone is 2. The van der Waals surface area contributed by atoms with Crippen molar-refractivity contribution in [1.29, 1.82) is 0 Å². The van der Waals surface area contributed by atoms with E-state index in [1.54, 1.807) is 12.2 Å². The van der Waals surface area contributed by atoms with Crippen molar-refractivity contribution in [2.45, 2.75) is 69.9 Å². The van der Waals surface area contributed by atoms with Crippen LogP contribution in [0.15, 0.2) is 24.3 Å². The molecule has 0 aromatic rings. The summed E-state index contributed by atoms with van der Waals surface area (Å²) in [6.07, 6.45) is 15.9. The molecule has 0 aromatic carbocycles. The van der Waals surface area contributed by atoms with E-state index in [-0.39, 0.29) is 23.9 Å². The maximum Gasteiger partial charge on any atom is 0.243 e. The lowest BCUT2D eigenvalue weighted by atomic mass is 10.2. The zero-order chi connectivity index (χ0) is 18.3. The van der Waals surface area contributed by atoms with E-state index < -0.39 is 0 Å². The number of unbranched alkanes of at least 4 members (excludes halogenated alkanes) is 6. The quantitative estimate of drug-likeness (QED) is 0.281. The van der Waals surface area contributed by atoms with Gasteiger partial charge in [-0.05, 0) is 70.2 Å². The second-order valence-corrected chi connectivity index (χ2v) is 6.55. The largest absolute Gasteiger partial charge is 0.348 e. The third-order valence-corrected chi connectivity index (χ3v) is 4.13. The molecular weight excluding hydrogens is 316 g/mol. The Kier molecular flexibility index (Phi) is 11.6. The standard InChI is InChI=1S/C19H34N4O2/c20-13-9-5-1-3-7-11-18(24)22-16-15-17(16)23-19(25)12-8-4-2-6-10-14-21/h7-8,11-12,16-17H,1-6,9-10,13-15,20-21H2,(H,22,24)(H,23,25)/t16-,17-/m1/s1. The number of amides is 2. The molecule has 25 heavy (non-hydrogen) atoms. The summed E-state index contributed by atoms with van der Waals surface area (Å²) in [4.78, 5) is 23.5. The molecule has 142 valence electrons. The first-order valence-corrected chi connectivity index (χ1v) is 9.51. The van der Waals surface area contributed by atoms with Crippen LogP contribution < -0.4 is 22.1 Å². The predicted octanol–water partition coefficient (Wildman–Crippen LogP) is 1.51. The van der Waals surface area contributed by atoms with Crippen LogP contribution in [0.4, 0.5) is 0 Å². The highest BCUT2D eigenvalue weighted by molar-refractivity contribution is 5.89. The number of carbonyl (C=O) groups excluding carboxylic acids is 2. The van der Waals surface area contributed by atoms with Crippen LogP contribution in [0.25, 0.3) is 0 Å². The maximum atomic E-state index is 11.8. The number of hydrogen-bond donors (Lipinski definition) is 4. The second-order valence-electron chi connectivity index (χ2n) is 6.55. The van der Waals surface area contributed by atoms with Crippen LogP contribution in [0.1, 0.15) is 57.8 Å². The van der Waals surface area contributed by atoms with Crippen molar-refractivity contribution in [1.82, 2.24) is 10.6 Å². The van der Waals surface area contributed by atoms with Gasteiger partial charge in [-0.3, -0.25) is 9.59 Å². The number of nitrogens with one attached hydrogen (secondary N) is 2. The third-order valence-electron chi connectivity index (χ3n) is 4.13. The van der Waals surface area contributed by atoms with Crippen LogP contribution >= 0.6 is 0 Å². The van der Waals surface area contributed by atoms with Gasteiger partial charge < -0.3 is 22.1 Å². The molecule has 0 radical (unpaired) electrons. The first kappa shape index (κ1) is 21.4. The summed E-state index contributed by atoms with van der Waals surface area (Å²) >= 11 is 0. The lowest BCUT2D eigenvalue weighted by molar-refractivity contribution is -0.118. The molecule has 1 aliphatic rings. The summed E-state index contributed by atoms with van der Waals surface area (Å²) in [6.45, 7) is 1.45. The van der Waals surface area contributed by atoms with Gasteiger partial charge in [0.15, 0.2) is 0 Å². The zero-order valence-electron chi connectivity index (χ0n) is 15.2. The Balaban J connectivity index is 2.06. The van der Waals surface area contributed by atoms with Gasteiger partial charge in [0, 0.05) is 0 Å². The van der Waals surface area contributed by atoms with Crippen molar-refractivity contribution < 1.29 is 9.59 Å². The van der Waals surface area contributed by atoms with E-state index in [1.165, 1.54) is 0 Å². The Bertz CT molecular complexity index is 409. The Morgan fingerprint density at radius 3 is 1.60 bits per heavy atom. The maximum absolute atomic E-state index is 11.8. The van der Waals surface area contributed by atoms with Crippen LogP contribution in [0.5, 0.6) is 0 Å². The van der Waals surface area contributed by atoms with Gasteiger partial charge in [0.1, 0.15) is 0 Å². The fourth-order valence-electron chi connectivity index (χ4n) is 2.52. The SMILES string of the molecule is NCCCCCC=CC(=O)N[C@@H]1C[C@H]1NC(=O)C=CCCCCCN. The summed E-state index contributed by atoms with van der Waals surface area (Å²) in [5.74, 6) is -0.174. The molecule has 1 aliphatic carbocycles. The molecule has 2 atom stereocenters. The Morgan fingerprint density at radius 2 is 1.20 bits per heavy atom. The predicted molar refractivity (Wildman–Crippen MR) is 102 cm³/mol. The Hall–Kier alpha value is -1.66. The summed E-state index contributed by atoms with van der Waals surface area (Å²) in [5.41, 5.74) is 10.9. The number of nitrogens with two attached hydrogens (primary N) is 2. The highest BCUT2D eigenvalue weighted by atomic mass is 16.2. The third kappa shape index (κ3) is 11.5. The van der Waals surface area contributed by atoms with Crippen LogP contribution in [-0.4, -0.2) is 37.0 Å². The van der Waals surface area contributed by atoms with Crippen LogP contribution in [0.3, 0.4) is 0 Å². The molecule has 0 saturated heterocycles. The average molecular weight is 351 g/mol. The monoisotopic (exact) mass is 350 g/mol. The average Bonchev–Trinajstić information content (AvgIpc) is 3.31. The molecule has 1 saturated carbocycles. The van der Waals surface area contributed by atoms with Gasteiger partial charge >= 0.3 is 0 Å². The van der Waals surface area contributed by atoms with Gasteiger partial charge in [0.25, 0.3) is 0 Å². The topological polar surface area (TPSA) is 110 Å². The van der Waals surface area contributed by atoms with Crippen molar-refractivity contribution in [2.24, 2.45) is 11.5 Å². The van der Waals surface area contributed by atoms with Crippen molar-refractivity contribution >= 4 is 11.8 Å². The minimum Gasteiger partial charge on any atom is -0.348 e. The number of carbonyl (C=O) groups is 2. The van der Waals surface area contributed by atoms with Gasteiger partial charge in [0.2, 0.25) is 11.8 Å². The van der Waals surface area contributed by atoms with Gasteiger partial charge in [-0.1, -0.05) is 25.0 Å². The lowest BCUT2D eigenvalue weighted by Crippen LogP contribution is -2.33. The molecule has 1 rings (SSSR count). The fraction of sp³-hybridized carbons (Fsp3) is 0.684. The van der Waals surface area contributed by atoms with Crippen molar-refractivity contribution in [3.05, 3.63) is 24.3 Å². The molecule has 0 unspecified atom stereocenters. The van der Waals surface area contributed by atoms with Gasteiger partial charge in [0.05, 0.1) is 12.1 Å². The lowest BCUT2D eigenvalue weighted by Gasteiger charge is -2.02. The molecule has 0 aromatic heterocycles. The van der Waals surface area contributed by atoms with E-state index in [0.29, 0.717) is 0 Å². The highest BCUT2D eigenvalue weighted by Crippen LogP contribution is 2.21. The minimum atomic E-state index is -0.0870. The molecule has 6 heteroatoms. The van der Waals surface area contributed by atoms with E-state index in [1.807, 2.05) is 12.2 Å². The van der Waals surface area contributed by atoms with Crippen LogP contribution in [0, 0.1) is 0 Å². The fourth-order valence-corrected chi connectivity index (χ4v) is 2.52. The Morgan fingerprint density at radius 1 is 0.760 bits per heavy atom. The normalized spacial score (nSPS) is 19.4. The molecule has 1 fully saturated rings. The molecular formula is C19H34N4O2. The molecule has 0 heterocycles. The van der Waals surface area contributed by atoms with Crippen molar-refractivity contribution in [3.8, 4) is 0 Å². The first-order valence-electron chi connectivity index (χ1n) is 9.51. The van der Waals surface area contributed by atoms with Crippen LogP contribution in [0.2, 0.25) is 0 Å². The minimum absolute atomic E-state index is 0.0521.